The van der Waals surface area contributed by atoms with Crippen LogP contribution >= 0.6 is 0 Å². The summed E-state index contributed by atoms with van der Waals surface area (Å²) >= 11 is 0. The molecule has 0 aliphatic rings. The monoisotopic (exact) mass is 246 g/mol. The molecule has 0 aliphatic heterocycles. The van der Waals surface area contributed by atoms with Crippen LogP contribution < -0.4 is 0 Å². The fourth-order valence-corrected chi connectivity index (χ4v) is 1.75. The zero-order chi connectivity index (χ0) is 13.7. The van der Waals surface area contributed by atoms with Crippen LogP contribution in [0.5, 0.6) is 0 Å². The quantitative estimate of drug-likeness (QED) is 0.454. The van der Waals surface area contributed by atoms with E-state index in [1.54, 1.807) is 13.0 Å². The summed E-state index contributed by atoms with van der Waals surface area (Å²) in [7, 11) is 0. The van der Waals surface area contributed by atoms with Crippen molar-refractivity contribution in [3.8, 4) is 6.07 Å². The number of hydrogen-bond acceptors (Lipinski definition) is 4. The largest absolute Gasteiger partial charge is 0.293 e. The lowest BCUT2D eigenvalue weighted by molar-refractivity contribution is -0.384. The Kier molecular flexibility index (Phi) is 4.55. The Balaban J connectivity index is 3.13. The Labute approximate surface area is 105 Å². The number of non-ortho nitro benzene ring substituents is 1. The third-order valence-corrected chi connectivity index (χ3v) is 2.61. The van der Waals surface area contributed by atoms with Crippen molar-refractivity contribution >= 4 is 11.5 Å². The lowest BCUT2D eigenvalue weighted by Crippen LogP contribution is -2.13. The molecular formula is C13H14N2O3. The number of Topliss-reactive ketones (excluding diaryl/α,β-unsaturated/α-hetero) is 1. The first-order valence-electron chi connectivity index (χ1n) is 5.69. The summed E-state index contributed by atoms with van der Waals surface area (Å²) in [4.78, 5) is 22.2. The van der Waals surface area contributed by atoms with E-state index < -0.39 is 10.8 Å². The molecule has 0 amide bonds. The van der Waals surface area contributed by atoms with Gasteiger partial charge < -0.3 is 0 Å². The van der Waals surface area contributed by atoms with Gasteiger partial charge in [-0.25, -0.2) is 0 Å². The topological polar surface area (TPSA) is 84.0 Å². The van der Waals surface area contributed by atoms with Gasteiger partial charge in [-0.1, -0.05) is 13.3 Å². The third-order valence-electron chi connectivity index (χ3n) is 2.61. The molecule has 94 valence electrons. The van der Waals surface area contributed by atoms with Gasteiger partial charge in [0.2, 0.25) is 0 Å². The zero-order valence-electron chi connectivity index (χ0n) is 10.3. The van der Waals surface area contributed by atoms with Crippen LogP contribution in [0.1, 0.15) is 35.7 Å². The predicted octanol–water partition coefficient (Wildman–Crippen LogP) is 3.03. The Morgan fingerprint density at radius 3 is 2.67 bits per heavy atom. The van der Waals surface area contributed by atoms with Crippen LogP contribution in [0.3, 0.4) is 0 Å². The van der Waals surface area contributed by atoms with Gasteiger partial charge in [-0.2, -0.15) is 5.26 Å². The molecule has 5 heteroatoms. The van der Waals surface area contributed by atoms with E-state index in [4.69, 9.17) is 5.26 Å². The maximum atomic E-state index is 12.0. The minimum atomic E-state index is -0.726. The highest BCUT2D eigenvalue weighted by atomic mass is 16.6. The first-order valence-corrected chi connectivity index (χ1v) is 5.69. The minimum absolute atomic E-state index is 0.119. The summed E-state index contributed by atoms with van der Waals surface area (Å²) in [6.45, 7) is 3.57. The molecule has 1 atom stereocenters. The number of nitro benzene ring substituents is 1. The van der Waals surface area contributed by atoms with Crippen molar-refractivity contribution in [1.29, 1.82) is 5.26 Å². The molecule has 0 saturated carbocycles. The number of benzene rings is 1. The minimum Gasteiger partial charge on any atom is -0.293 e. The fraction of sp³-hybridized carbons (Fsp3) is 0.385. The number of nitriles is 1. The van der Waals surface area contributed by atoms with E-state index in [-0.39, 0.29) is 17.0 Å². The molecule has 0 aliphatic carbocycles. The van der Waals surface area contributed by atoms with Crippen LogP contribution in [0.25, 0.3) is 0 Å². The molecule has 0 bridgehead atoms. The Bertz CT molecular complexity index is 517. The van der Waals surface area contributed by atoms with Gasteiger partial charge in [0, 0.05) is 17.7 Å². The van der Waals surface area contributed by atoms with Crippen LogP contribution in [-0.2, 0) is 0 Å². The second-order valence-electron chi connectivity index (χ2n) is 4.15. The molecule has 0 fully saturated rings. The molecule has 0 radical (unpaired) electrons. The number of nitro groups is 1. The van der Waals surface area contributed by atoms with Crippen molar-refractivity contribution < 1.29 is 9.72 Å². The summed E-state index contributed by atoms with van der Waals surface area (Å²) in [5.41, 5.74) is 0.758. The summed E-state index contributed by atoms with van der Waals surface area (Å²) in [6.07, 6.45) is 1.19. The van der Waals surface area contributed by atoms with Crippen molar-refractivity contribution in [2.75, 3.05) is 0 Å². The van der Waals surface area contributed by atoms with Crippen LogP contribution in [0.2, 0.25) is 0 Å². The van der Waals surface area contributed by atoms with E-state index in [0.717, 1.165) is 6.42 Å². The number of carbonyl (C=O) groups excluding carboxylic acids is 1. The molecule has 5 nitrogen and oxygen atoms in total. The number of aryl methyl sites for hydroxylation is 1. The summed E-state index contributed by atoms with van der Waals surface area (Å²) in [5.74, 6) is -1.07. The summed E-state index contributed by atoms with van der Waals surface area (Å²) < 4.78 is 0. The molecular weight excluding hydrogens is 232 g/mol. The molecule has 1 aromatic rings. The molecule has 1 unspecified atom stereocenters. The van der Waals surface area contributed by atoms with E-state index in [1.807, 2.05) is 13.0 Å². The lowest BCUT2D eigenvalue weighted by Gasteiger charge is -2.07. The van der Waals surface area contributed by atoms with Gasteiger partial charge in [0.25, 0.3) is 5.69 Å². The number of ketones is 1. The molecule has 1 aromatic carbocycles. The zero-order valence-corrected chi connectivity index (χ0v) is 10.3. The van der Waals surface area contributed by atoms with Crippen molar-refractivity contribution in [1.82, 2.24) is 0 Å². The molecule has 0 N–H and O–H groups in total. The Hall–Kier alpha value is -2.22. The van der Waals surface area contributed by atoms with Crippen LogP contribution in [0.15, 0.2) is 18.2 Å². The highest BCUT2D eigenvalue weighted by Gasteiger charge is 2.21. The predicted molar refractivity (Wildman–Crippen MR) is 66.2 cm³/mol. The number of nitrogens with zero attached hydrogens (tertiary/aromatic N) is 2. The average Bonchev–Trinajstić information content (AvgIpc) is 2.34. The lowest BCUT2D eigenvalue weighted by atomic mass is 9.94. The highest BCUT2D eigenvalue weighted by molar-refractivity contribution is 6.00. The van der Waals surface area contributed by atoms with Crippen molar-refractivity contribution in [2.45, 2.75) is 26.7 Å². The van der Waals surface area contributed by atoms with Gasteiger partial charge in [0.05, 0.1) is 11.0 Å². The first-order chi connectivity index (χ1) is 8.49. The molecule has 0 heterocycles. The molecule has 0 spiro atoms. The SMILES string of the molecule is CCCC(C#N)C(=O)c1cc(C)cc([N+](=O)[O-])c1. The number of carbonyl (C=O) groups is 1. The molecule has 1 rings (SSSR count). The van der Waals surface area contributed by atoms with Gasteiger partial charge in [0.1, 0.15) is 5.92 Å². The number of rotatable bonds is 5. The van der Waals surface area contributed by atoms with Gasteiger partial charge >= 0.3 is 0 Å². The molecule has 18 heavy (non-hydrogen) atoms. The maximum Gasteiger partial charge on any atom is 0.270 e. The molecule has 0 saturated heterocycles. The molecule has 0 aromatic heterocycles. The standard InChI is InChI=1S/C13H14N2O3/c1-3-4-10(8-14)13(16)11-5-9(2)6-12(7-11)15(17)18/h5-7,10H,3-4H2,1-2H3. The summed E-state index contributed by atoms with van der Waals surface area (Å²) in [6, 6.07) is 6.16. The van der Waals surface area contributed by atoms with E-state index in [2.05, 4.69) is 0 Å². The van der Waals surface area contributed by atoms with E-state index in [9.17, 15) is 14.9 Å². The van der Waals surface area contributed by atoms with Crippen LogP contribution in [0, 0.1) is 34.3 Å². The van der Waals surface area contributed by atoms with E-state index >= 15 is 0 Å². The van der Waals surface area contributed by atoms with Gasteiger partial charge in [-0.05, 0) is 25.0 Å². The second kappa shape index (κ2) is 5.92. The fourth-order valence-electron chi connectivity index (χ4n) is 1.75. The van der Waals surface area contributed by atoms with Gasteiger partial charge in [-0.15, -0.1) is 0 Å². The Morgan fingerprint density at radius 2 is 2.17 bits per heavy atom. The van der Waals surface area contributed by atoms with Crippen molar-refractivity contribution in [3.05, 3.63) is 39.4 Å². The highest BCUT2D eigenvalue weighted by Crippen LogP contribution is 2.20. The van der Waals surface area contributed by atoms with Crippen LogP contribution in [0.4, 0.5) is 5.69 Å². The second-order valence-corrected chi connectivity index (χ2v) is 4.15. The third kappa shape index (κ3) is 3.14. The average molecular weight is 246 g/mol. The van der Waals surface area contributed by atoms with Gasteiger partial charge in [-0.3, -0.25) is 14.9 Å². The van der Waals surface area contributed by atoms with Gasteiger partial charge in [0.15, 0.2) is 5.78 Å². The van der Waals surface area contributed by atoms with Crippen LogP contribution in [-0.4, -0.2) is 10.7 Å². The normalized spacial score (nSPS) is 11.6. The van der Waals surface area contributed by atoms with Crippen molar-refractivity contribution in [3.63, 3.8) is 0 Å². The summed E-state index contributed by atoms with van der Waals surface area (Å²) in [5, 5.41) is 19.7. The van der Waals surface area contributed by atoms with E-state index in [0.29, 0.717) is 12.0 Å². The first kappa shape index (κ1) is 13.8. The van der Waals surface area contributed by atoms with Crippen molar-refractivity contribution in [2.24, 2.45) is 5.92 Å². The Morgan fingerprint density at radius 1 is 1.50 bits per heavy atom. The maximum absolute atomic E-state index is 12.0. The smallest absolute Gasteiger partial charge is 0.270 e. The van der Waals surface area contributed by atoms with E-state index in [1.165, 1.54) is 12.1 Å². The number of hydrogen-bond donors (Lipinski definition) is 0.